The van der Waals surface area contributed by atoms with Crippen molar-refractivity contribution in [1.82, 2.24) is 10.2 Å². The van der Waals surface area contributed by atoms with Crippen LogP contribution in [0.2, 0.25) is 0 Å². The van der Waals surface area contributed by atoms with E-state index in [-0.39, 0.29) is 29.4 Å². The lowest BCUT2D eigenvalue weighted by molar-refractivity contribution is -0.154. The zero-order valence-corrected chi connectivity index (χ0v) is 20.6. The molecule has 0 aliphatic carbocycles. The van der Waals surface area contributed by atoms with Crippen molar-refractivity contribution >= 4 is 35.8 Å². The van der Waals surface area contributed by atoms with Gasteiger partial charge in [-0.05, 0) is 16.7 Å². The Morgan fingerprint density at radius 1 is 0.946 bits per heavy atom. The zero-order chi connectivity index (χ0) is 25.8. The van der Waals surface area contributed by atoms with Crippen LogP contribution in [0.15, 0.2) is 102 Å². The minimum Gasteiger partial charge on any atom is -0.448 e. The molecule has 1 N–H and O–H groups in total. The van der Waals surface area contributed by atoms with Crippen LogP contribution in [0.1, 0.15) is 22.8 Å². The van der Waals surface area contributed by atoms with E-state index in [9.17, 15) is 19.2 Å². The maximum Gasteiger partial charge on any atom is 0.356 e. The third kappa shape index (κ3) is 5.06. The molecule has 2 amide bonds. The summed E-state index contributed by atoms with van der Waals surface area (Å²) >= 11 is 1.33. The highest BCUT2D eigenvalue weighted by Crippen LogP contribution is 2.41. The van der Waals surface area contributed by atoms with Crippen LogP contribution >= 0.6 is 11.8 Å². The van der Waals surface area contributed by atoms with Crippen LogP contribution in [0.25, 0.3) is 0 Å². The summed E-state index contributed by atoms with van der Waals surface area (Å²) in [6.45, 7) is 0. The minimum atomic E-state index is -0.781. The number of hydrogen-bond donors (Lipinski definition) is 1. The lowest BCUT2D eigenvalue weighted by atomic mass is 10.0. The average molecular weight is 513 g/mol. The molecule has 0 radical (unpaired) electrons. The molecule has 0 spiro atoms. The largest absolute Gasteiger partial charge is 0.448 e. The first-order valence-electron chi connectivity index (χ1n) is 11.8. The van der Waals surface area contributed by atoms with Crippen LogP contribution in [-0.2, 0) is 30.3 Å². The summed E-state index contributed by atoms with van der Waals surface area (Å²) < 4.78 is 5.94. The summed E-state index contributed by atoms with van der Waals surface area (Å²) in [5, 5.41) is 2.29. The van der Waals surface area contributed by atoms with E-state index in [1.807, 2.05) is 91.0 Å². The van der Waals surface area contributed by atoms with E-state index >= 15 is 0 Å². The molecule has 186 valence electrons. The van der Waals surface area contributed by atoms with Crippen molar-refractivity contribution in [3.05, 3.63) is 119 Å². The molecular formula is C29H24N2O5S. The number of fused-ring (bicyclic) bond motifs is 1. The summed E-state index contributed by atoms with van der Waals surface area (Å²) in [6.07, 6.45) is 0.0115. The molecule has 2 aliphatic rings. The first-order valence-corrected chi connectivity index (χ1v) is 12.9. The Labute approximate surface area is 218 Å². The summed E-state index contributed by atoms with van der Waals surface area (Å²) in [5.41, 5.74) is 2.49. The predicted octanol–water partition coefficient (Wildman–Crippen LogP) is 3.41. The standard InChI is InChI=1S/C29H24N2O5S/c32-17-22-18-37-28-24(30-23(33)16-19-10-4-1-5-11-19)27(34)31(28)25(22)29(35)36-26(20-12-6-2-7-13-20)21-14-8-3-9-15-21/h1-15,17,24,26,28H,16,18H2,(H,30,33)/t24-,28+/m0/s1. The third-order valence-corrected chi connectivity index (χ3v) is 7.59. The van der Waals surface area contributed by atoms with Crippen LogP contribution in [0.4, 0.5) is 0 Å². The molecule has 5 rings (SSSR count). The Bertz CT molecular complexity index is 1300. The van der Waals surface area contributed by atoms with Crippen LogP contribution < -0.4 is 5.32 Å². The molecule has 0 unspecified atom stereocenters. The van der Waals surface area contributed by atoms with Crippen molar-refractivity contribution in [2.45, 2.75) is 23.9 Å². The van der Waals surface area contributed by atoms with E-state index < -0.39 is 29.4 Å². The van der Waals surface area contributed by atoms with Gasteiger partial charge in [-0.2, -0.15) is 0 Å². The van der Waals surface area contributed by atoms with Crippen molar-refractivity contribution in [1.29, 1.82) is 0 Å². The summed E-state index contributed by atoms with van der Waals surface area (Å²) in [7, 11) is 0. The SMILES string of the molecule is O=CC1=C(C(=O)OC(c2ccccc2)c2ccccc2)N2C(=O)[C@H](NC(=O)Cc3ccccc3)[C@H]2SC1. The molecule has 37 heavy (non-hydrogen) atoms. The highest BCUT2D eigenvalue weighted by atomic mass is 32.2. The number of nitrogens with one attached hydrogen (secondary N) is 1. The number of benzene rings is 3. The van der Waals surface area contributed by atoms with E-state index in [2.05, 4.69) is 5.32 Å². The topological polar surface area (TPSA) is 92.8 Å². The van der Waals surface area contributed by atoms with Gasteiger partial charge in [0.05, 0.1) is 6.42 Å². The highest BCUT2D eigenvalue weighted by Gasteiger charge is 2.54. The van der Waals surface area contributed by atoms with Gasteiger partial charge in [0.2, 0.25) is 5.91 Å². The number of carbonyl (C=O) groups excluding carboxylic acids is 4. The molecule has 7 nitrogen and oxygen atoms in total. The van der Waals surface area contributed by atoms with Crippen LogP contribution in [0.5, 0.6) is 0 Å². The quantitative estimate of drug-likeness (QED) is 0.283. The molecule has 8 heteroatoms. The van der Waals surface area contributed by atoms with Crippen molar-refractivity contribution in [2.75, 3.05) is 5.75 Å². The minimum absolute atomic E-state index is 0.0610. The summed E-state index contributed by atoms with van der Waals surface area (Å²) in [4.78, 5) is 52.3. The summed E-state index contributed by atoms with van der Waals surface area (Å²) in [5.74, 6) is -1.25. The first-order chi connectivity index (χ1) is 18.1. The smallest absolute Gasteiger partial charge is 0.356 e. The molecule has 2 atom stereocenters. The molecule has 2 heterocycles. The number of rotatable bonds is 8. The van der Waals surface area contributed by atoms with Gasteiger partial charge >= 0.3 is 5.97 Å². The van der Waals surface area contributed by atoms with Gasteiger partial charge in [0.15, 0.2) is 6.10 Å². The van der Waals surface area contributed by atoms with Crippen molar-refractivity contribution in [2.24, 2.45) is 0 Å². The normalized spacial score (nSPS) is 18.6. The van der Waals surface area contributed by atoms with Gasteiger partial charge in [0, 0.05) is 11.3 Å². The lowest BCUT2D eigenvalue weighted by Crippen LogP contribution is -2.70. The Kier molecular flexibility index (Phi) is 7.18. The van der Waals surface area contributed by atoms with E-state index in [0.717, 1.165) is 16.7 Å². The maximum atomic E-state index is 13.5. The van der Waals surface area contributed by atoms with Gasteiger partial charge in [0.1, 0.15) is 23.4 Å². The van der Waals surface area contributed by atoms with Gasteiger partial charge in [-0.3, -0.25) is 19.3 Å². The van der Waals surface area contributed by atoms with Gasteiger partial charge in [-0.15, -0.1) is 11.8 Å². The van der Waals surface area contributed by atoms with E-state index in [4.69, 9.17) is 4.74 Å². The fourth-order valence-electron chi connectivity index (χ4n) is 4.48. The molecule has 3 aromatic carbocycles. The van der Waals surface area contributed by atoms with E-state index in [0.29, 0.717) is 6.29 Å². The zero-order valence-electron chi connectivity index (χ0n) is 19.8. The number of amides is 2. The fourth-order valence-corrected chi connectivity index (χ4v) is 5.77. The number of carbonyl (C=O) groups is 4. The second-order valence-electron chi connectivity index (χ2n) is 8.72. The third-order valence-electron chi connectivity index (χ3n) is 6.29. The van der Waals surface area contributed by atoms with Crippen LogP contribution in [-0.4, -0.2) is 46.1 Å². The van der Waals surface area contributed by atoms with E-state index in [1.165, 1.54) is 16.7 Å². The number of aldehydes is 1. The second-order valence-corrected chi connectivity index (χ2v) is 9.82. The van der Waals surface area contributed by atoms with Crippen LogP contribution in [0.3, 0.4) is 0 Å². The number of thioether (sulfide) groups is 1. The number of ether oxygens (including phenoxy) is 1. The molecule has 2 aliphatic heterocycles. The summed E-state index contributed by atoms with van der Waals surface area (Å²) in [6, 6.07) is 27.0. The van der Waals surface area contributed by atoms with Gasteiger partial charge in [-0.1, -0.05) is 91.0 Å². The number of nitrogens with zero attached hydrogens (tertiary/aromatic N) is 1. The van der Waals surface area contributed by atoms with Crippen molar-refractivity contribution in [3.63, 3.8) is 0 Å². The number of β-lactam (4-membered cyclic amide) rings is 1. The predicted molar refractivity (Wildman–Crippen MR) is 139 cm³/mol. The monoisotopic (exact) mass is 512 g/mol. The fraction of sp³-hybridized carbons (Fsp3) is 0.172. The lowest BCUT2D eigenvalue weighted by Gasteiger charge is -2.49. The Morgan fingerprint density at radius 2 is 1.51 bits per heavy atom. The molecule has 0 bridgehead atoms. The first kappa shape index (κ1) is 24.5. The van der Waals surface area contributed by atoms with Crippen LogP contribution in [0, 0.1) is 0 Å². The Morgan fingerprint density at radius 3 is 2.08 bits per heavy atom. The molecular weight excluding hydrogens is 488 g/mol. The molecule has 1 saturated heterocycles. The second kappa shape index (κ2) is 10.8. The molecule has 0 saturated carbocycles. The maximum absolute atomic E-state index is 13.5. The van der Waals surface area contributed by atoms with E-state index in [1.54, 1.807) is 0 Å². The number of hydrogen-bond acceptors (Lipinski definition) is 6. The molecule has 1 fully saturated rings. The average Bonchev–Trinajstić information content (AvgIpc) is 2.95. The van der Waals surface area contributed by atoms with Gasteiger partial charge in [-0.25, -0.2) is 4.79 Å². The Balaban J connectivity index is 1.35. The molecule has 0 aromatic heterocycles. The molecule has 3 aromatic rings. The Hall–Kier alpha value is -4.17. The van der Waals surface area contributed by atoms with Crippen molar-refractivity contribution in [3.8, 4) is 0 Å². The number of esters is 1. The van der Waals surface area contributed by atoms with Crippen molar-refractivity contribution < 1.29 is 23.9 Å². The van der Waals surface area contributed by atoms with Gasteiger partial charge in [0.25, 0.3) is 5.91 Å². The van der Waals surface area contributed by atoms with Gasteiger partial charge < -0.3 is 10.1 Å². The highest BCUT2D eigenvalue weighted by molar-refractivity contribution is 8.00.